The lowest BCUT2D eigenvalue weighted by molar-refractivity contribution is -0.0337. The first-order valence-electron chi connectivity index (χ1n) is 48.3. The van der Waals surface area contributed by atoms with E-state index in [1.807, 2.05) is 11.3 Å². The van der Waals surface area contributed by atoms with Crippen LogP contribution in [0.4, 0.5) is 0 Å². The number of hydrogen-bond donors (Lipinski definition) is 0. The molecule has 0 amide bonds. The predicted molar refractivity (Wildman–Crippen MR) is 410 cm³/mol. The van der Waals surface area contributed by atoms with Crippen LogP contribution in [0.25, 0.3) is 0 Å². The zero-order valence-corrected chi connectivity index (χ0v) is 64.7. The van der Waals surface area contributed by atoms with Gasteiger partial charge in [-0.3, -0.25) is 0 Å². The van der Waals surface area contributed by atoms with Crippen molar-refractivity contribution in [3.05, 3.63) is 56.1 Å². The molecule has 36 aliphatic rings. The minimum absolute atomic E-state index is 0.253. The zero-order valence-electron chi connectivity index (χ0n) is 64.7. The molecule has 2 aromatic rings. The smallest absolute Gasteiger partial charge is 0.139 e. The first-order chi connectivity index (χ1) is 50.2. The molecule has 0 unspecified atom stereocenters. The maximum Gasteiger partial charge on any atom is 0.139 e. The van der Waals surface area contributed by atoms with E-state index >= 15 is 0 Å². The van der Waals surface area contributed by atoms with Crippen LogP contribution in [0, 0.1) is 166 Å². The van der Waals surface area contributed by atoms with Crippen LogP contribution in [0.3, 0.4) is 0 Å². The molecule has 549 valence electrons. The number of hydrogen-bond acceptors (Lipinski definition) is 1. The van der Waals surface area contributed by atoms with E-state index in [0.717, 1.165) is 160 Å². The van der Waals surface area contributed by atoms with Crippen LogP contribution in [-0.4, -0.2) is 0 Å². The molecule has 36 fully saturated rings. The molecule has 1 radical (unpaired) electrons. The summed E-state index contributed by atoms with van der Waals surface area (Å²) in [6.45, 7) is 0. The van der Waals surface area contributed by atoms with Crippen LogP contribution in [0.1, 0.15) is 397 Å². The van der Waals surface area contributed by atoms with Gasteiger partial charge in [-0.05, 0) is 572 Å². The van der Waals surface area contributed by atoms with E-state index in [9.17, 15) is 4.74 Å². The minimum atomic E-state index is 0.253. The van der Waals surface area contributed by atoms with Gasteiger partial charge in [0.05, 0.1) is 0 Å². The molecule has 2 aromatic carbocycles. The Kier molecular flexibility index (Phi) is 11.8. The number of benzene rings is 2. The molecule has 0 saturated heterocycles. The standard InChI is InChI=1S/C102H135O/c1-56-2-58-3-57(1)30-94(29-56,31-58)83-28-84(86(96-35-62-7-63(36-96)9-64(8-62)37-96)87(97-38-65-10-66(39-97)12-67(11-65)40-97)85(83)95-32-59-4-60(33-95)6-61(5-59)34-95)103-93-91(101-50-77-22-78(51-101)24-79(23-77)52-101)89(99-44-71-16-72(45-99)18-73(17-71)46-99)88(98-41-68-13-69(42-98)15-70(14-68)43-98)90(100-47-74-19-75(48-100)21-76(20-74)49-100)92(93)102-53-80-25-81(54-102)27-82(26-80)55-102/h56-82H,1-27,29-55H2. The summed E-state index contributed by atoms with van der Waals surface area (Å²) in [6.07, 6.45) is 84.7. The van der Waals surface area contributed by atoms with Crippen molar-refractivity contribution >= 4 is 0 Å². The van der Waals surface area contributed by atoms with Crippen LogP contribution in [0.2, 0.25) is 0 Å². The fourth-order valence-electron chi connectivity index (χ4n) is 45.9. The van der Waals surface area contributed by atoms with Gasteiger partial charge in [0.1, 0.15) is 11.5 Å². The molecule has 36 aliphatic carbocycles. The highest BCUT2D eigenvalue weighted by molar-refractivity contribution is 5.72. The molecular formula is C102H135O. The van der Waals surface area contributed by atoms with Gasteiger partial charge >= 0.3 is 0 Å². The Bertz CT molecular complexity index is 3560. The SMILES string of the molecule is [c]1c(Oc2c(C34CC5CC(CC(C5)C3)C4)c(C34CC5CC(CC(C5)C3)C4)c(C34CC5CC(CC(C5)C3)C4)c(C34CC5CC(CC(C5)C3)C4)c2C23CC4CC(CC(C4)C2)C3)c(C23CC4CC(CC(C4)C2)C3)c(C23CC4CC(CC(C4)C2)C3)c(C23CC4CC(CC(C4)C2)C3)c1C12CC3CC(CC(C3)C1)C2. The first-order valence-corrected chi connectivity index (χ1v) is 48.3. The van der Waals surface area contributed by atoms with Crippen LogP contribution in [0.15, 0.2) is 0 Å². The van der Waals surface area contributed by atoms with Crippen molar-refractivity contribution < 1.29 is 4.74 Å². The van der Waals surface area contributed by atoms with Crippen molar-refractivity contribution in [3.8, 4) is 11.5 Å². The second-order valence-corrected chi connectivity index (χ2v) is 51.0. The maximum atomic E-state index is 10.4. The molecule has 103 heavy (non-hydrogen) atoms. The quantitative estimate of drug-likeness (QED) is 0.218. The van der Waals surface area contributed by atoms with Crippen LogP contribution in [-0.2, 0) is 48.7 Å². The van der Waals surface area contributed by atoms with Crippen molar-refractivity contribution in [2.75, 3.05) is 0 Å². The van der Waals surface area contributed by atoms with Gasteiger partial charge in [-0.15, -0.1) is 0 Å². The molecule has 38 rings (SSSR count). The molecule has 1 heteroatoms. The highest BCUT2D eigenvalue weighted by Crippen LogP contribution is 2.80. The third kappa shape index (κ3) is 8.21. The second kappa shape index (κ2) is 20.0. The van der Waals surface area contributed by atoms with E-state index < -0.39 is 0 Å². The average molecular weight is 1380 g/mol. The first kappa shape index (κ1) is 60.9. The van der Waals surface area contributed by atoms with Gasteiger partial charge in [0.2, 0.25) is 0 Å². The summed E-state index contributed by atoms with van der Waals surface area (Å²) >= 11 is 0. The lowest BCUT2D eigenvalue weighted by Gasteiger charge is -2.67. The van der Waals surface area contributed by atoms with Crippen molar-refractivity contribution in [1.82, 2.24) is 0 Å². The largest absolute Gasteiger partial charge is 0.456 e. The fraction of sp³-hybridized carbons (Fsp3) is 0.882. The van der Waals surface area contributed by atoms with Gasteiger partial charge in [-0.25, -0.2) is 0 Å². The second-order valence-electron chi connectivity index (χ2n) is 51.0. The van der Waals surface area contributed by atoms with Crippen molar-refractivity contribution in [1.29, 1.82) is 0 Å². The molecule has 0 spiro atoms. The van der Waals surface area contributed by atoms with Crippen molar-refractivity contribution in [3.63, 3.8) is 0 Å². The third-order valence-corrected chi connectivity index (χ3v) is 44.0. The molecule has 0 aromatic heterocycles. The lowest BCUT2D eigenvalue weighted by Crippen LogP contribution is -2.58. The molecule has 0 heterocycles. The van der Waals surface area contributed by atoms with Crippen LogP contribution >= 0.6 is 0 Å². The van der Waals surface area contributed by atoms with E-state index in [2.05, 4.69) is 44.5 Å². The summed E-state index contributed by atoms with van der Waals surface area (Å²) in [5, 5.41) is 0. The number of ether oxygens (including phenoxy) is 1. The Morgan fingerprint density at radius 1 is 0.155 bits per heavy atom. The predicted octanol–water partition coefficient (Wildman–Crippen LogP) is 25.5. The average Bonchev–Trinajstić information content (AvgIpc) is 0.661. The highest BCUT2D eigenvalue weighted by Gasteiger charge is 2.70. The molecule has 36 saturated carbocycles. The van der Waals surface area contributed by atoms with Gasteiger partial charge in [0.25, 0.3) is 0 Å². The molecule has 1 nitrogen and oxygen atoms in total. The maximum absolute atomic E-state index is 10.4. The summed E-state index contributed by atoms with van der Waals surface area (Å²) < 4.78 is 10.4. The number of rotatable bonds is 11. The fourth-order valence-corrected chi connectivity index (χ4v) is 45.9. The Morgan fingerprint density at radius 3 is 0.485 bits per heavy atom. The Morgan fingerprint density at radius 2 is 0.291 bits per heavy atom. The van der Waals surface area contributed by atoms with Gasteiger partial charge in [0.15, 0.2) is 0 Å². The van der Waals surface area contributed by atoms with E-state index in [4.69, 9.17) is 6.07 Å². The van der Waals surface area contributed by atoms with Crippen LogP contribution < -0.4 is 4.74 Å². The van der Waals surface area contributed by atoms with Gasteiger partial charge in [0, 0.05) is 39.0 Å². The van der Waals surface area contributed by atoms with Crippen LogP contribution in [0.5, 0.6) is 11.5 Å². The Labute approximate surface area is 623 Å². The molecule has 36 bridgehead atoms. The normalized spacial score (nSPS) is 59.7. The Balaban J connectivity index is 0.805. The summed E-state index contributed by atoms with van der Waals surface area (Å²) in [6, 6.07) is 5.52. The van der Waals surface area contributed by atoms with E-state index in [0.29, 0.717) is 32.5 Å². The third-order valence-electron chi connectivity index (χ3n) is 44.0. The molecular weight excluding hydrogens is 1240 g/mol. The van der Waals surface area contributed by atoms with Crippen molar-refractivity contribution in [2.45, 2.75) is 395 Å². The highest BCUT2D eigenvalue weighted by atomic mass is 16.5. The van der Waals surface area contributed by atoms with E-state index in [1.54, 1.807) is 314 Å². The monoisotopic (exact) mass is 1380 g/mol. The van der Waals surface area contributed by atoms with Gasteiger partial charge in [-0.2, -0.15) is 0 Å². The zero-order chi connectivity index (χ0) is 66.0. The van der Waals surface area contributed by atoms with Crippen molar-refractivity contribution in [2.24, 2.45) is 160 Å². The summed E-state index contributed by atoms with van der Waals surface area (Å²) in [5.41, 5.74) is 22.6. The topological polar surface area (TPSA) is 9.23 Å². The summed E-state index contributed by atoms with van der Waals surface area (Å²) in [4.78, 5) is 0. The molecule has 0 N–H and O–H groups in total. The van der Waals surface area contributed by atoms with E-state index in [-0.39, 0.29) is 16.2 Å². The van der Waals surface area contributed by atoms with Gasteiger partial charge in [-0.1, -0.05) is 0 Å². The lowest BCUT2D eigenvalue weighted by atomic mass is 9.38. The summed E-state index contributed by atoms with van der Waals surface area (Å²) in [7, 11) is 0. The minimum Gasteiger partial charge on any atom is -0.456 e. The summed E-state index contributed by atoms with van der Waals surface area (Å²) in [5.74, 6) is 29.3. The molecule has 0 atom stereocenters. The Hall–Kier alpha value is -1.76. The van der Waals surface area contributed by atoms with E-state index in [1.165, 1.54) is 38.5 Å². The molecule has 0 aliphatic heterocycles. The van der Waals surface area contributed by atoms with Gasteiger partial charge < -0.3 is 4.74 Å².